The number of amides is 3. The van der Waals surface area contributed by atoms with E-state index in [0.29, 0.717) is 0 Å². The average Bonchev–Trinajstić information content (AvgIpc) is 2.59. The Labute approximate surface area is 156 Å². The monoisotopic (exact) mass is 392 g/mol. The summed E-state index contributed by atoms with van der Waals surface area (Å²) < 4.78 is 0. The van der Waals surface area contributed by atoms with Crippen molar-refractivity contribution in [1.82, 2.24) is 16.0 Å². The van der Waals surface area contributed by atoms with E-state index in [4.69, 9.17) is 10.8 Å². The van der Waals surface area contributed by atoms with Gasteiger partial charge in [0.1, 0.15) is 24.2 Å². The molecule has 0 aliphatic heterocycles. The number of carboxylic acids is 1. The third kappa shape index (κ3) is 7.86. The van der Waals surface area contributed by atoms with Crippen molar-refractivity contribution in [2.45, 2.75) is 51.0 Å². The Kier molecular flexibility index (Phi) is 10.5. The minimum Gasteiger partial charge on any atom is -0.480 e. The van der Waals surface area contributed by atoms with Crippen LogP contribution in [0.3, 0.4) is 0 Å². The molecule has 0 aliphatic carbocycles. The zero-order valence-corrected chi connectivity index (χ0v) is 15.4. The summed E-state index contributed by atoms with van der Waals surface area (Å²) in [6.45, 7) is 2.70. The van der Waals surface area contributed by atoms with Crippen molar-refractivity contribution in [3.8, 4) is 0 Å². The molecule has 9 N–H and O–H groups in total. The van der Waals surface area contributed by atoms with Crippen LogP contribution in [0.25, 0.3) is 0 Å². The van der Waals surface area contributed by atoms with Gasteiger partial charge in [-0.2, -0.15) is 0 Å². The summed E-state index contributed by atoms with van der Waals surface area (Å²) in [6.07, 6.45) is -1.20. The fraction of sp³-hybridized carbons (Fsp3) is 0.733. The lowest BCUT2D eigenvalue weighted by Gasteiger charge is -2.24. The molecule has 0 saturated carbocycles. The molecule has 5 atom stereocenters. The lowest BCUT2D eigenvalue weighted by molar-refractivity contribution is -0.144. The SMILES string of the molecule is CC(C)C(NC(=O)C(CO)NC(=O)C(CO)NC(=O)C(N)C(C)O)C(=O)O. The fourth-order valence-electron chi connectivity index (χ4n) is 1.91. The topological polar surface area (TPSA) is 211 Å². The van der Waals surface area contributed by atoms with Crippen LogP contribution in [0.4, 0.5) is 0 Å². The van der Waals surface area contributed by atoms with Gasteiger partial charge in [-0.1, -0.05) is 13.8 Å². The number of hydrogen-bond acceptors (Lipinski definition) is 8. The van der Waals surface area contributed by atoms with Gasteiger partial charge in [-0.05, 0) is 12.8 Å². The summed E-state index contributed by atoms with van der Waals surface area (Å²) in [6, 6.07) is -5.58. The summed E-state index contributed by atoms with van der Waals surface area (Å²) in [5, 5.41) is 43.3. The second-order valence-electron chi connectivity index (χ2n) is 6.32. The van der Waals surface area contributed by atoms with Gasteiger partial charge in [0, 0.05) is 0 Å². The maximum Gasteiger partial charge on any atom is 0.326 e. The predicted octanol–water partition coefficient (Wildman–Crippen LogP) is -4.13. The summed E-state index contributed by atoms with van der Waals surface area (Å²) in [4.78, 5) is 47.1. The van der Waals surface area contributed by atoms with E-state index in [-0.39, 0.29) is 0 Å². The summed E-state index contributed by atoms with van der Waals surface area (Å²) in [7, 11) is 0. The highest BCUT2D eigenvalue weighted by Gasteiger charge is 2.31. The fourth-order valence-corrected chi connectivity index (χ4v) is 1.91. The number of nitrogens with one attached hydrogen (secondary N) is 3. The van der Waals surface area contributed by atoms with Crippen LogP contribution < -0.4 is 21.7 Å². The lowest BCUT2D eigenvalue weighted by atomic mass is 10.0. The van der Waals surface area contributed by atoms with Crippen molar-refractivity contribution in [3.63, 3.8) is 0 Å². The molecule has 0 saturated heterocycles. The first kappa shape index (κ1) is 24.7. The van der Waals surface area contributed by atoms with Crippen LogP contribution in [0.1, 0.15) is 20.8 Å². The van der Waals surface area contributed by atoms with Gasteiger partial charge in [-0.3, -0.25) is 14.4 Å². The van der Waals surface area contributed by atoms with Crippen molar-refractivity contribution < 1.29 is 39.6 Å². The van der Waals surface area contributed by atoms with Crippen LogP contribution >= 0.6 is 0 Å². The van der Waals surface area contributed by atoms with Crippen molar-refractivity contribution in [3.05, 3.63) is 0 Å². The lowest BCUT2D eigenvalue weighted by Crippen LogP contribution is -2.60. The number of carbonyl (C=O) groups is 4. The molecule has 156 valence electrons. The second-order valence-corrected chi connectivity index (χ2v) is 6.32. The molecule has 0 heterocycles. The molecule has 5 unspecified atom stereocenters. The zero-order chi connectivity index (χ0) is 21.3. The molecule has 0 radical (unpaired) electrons. The molecule has 0 aromatic rings. The van der Waals surface area contributed by atoms with E-state index in [2.05, 4.69) is 16.0 Å². The molecule has 12 heteroatoms. The Morgan fingerprint density at radius 1 is 0.852 bits per heavy atom. The van der Waals surface area contributed by atoms with Crippen molar-refractivity contribution in [1.29, 1.82) is 0 Å². The van der Waals surface area contributed by atoms with Gasteiger partial charge in [0.25, 0.3) is 0 Å². The third-order valence-corrected chi connectivity index (χ3v) is 3.68. The van der Waals surface area contributed by atoms with Crippen molar-refractivity contribution in [2.24, 2.45) is 11.7 Å². The molecule has 0 rings (SSSR count). The standard InChI is InChI=1S/C15H28N4O8/c1-6(2)11(15(26)27)19-13(24)9(5-21)17-12(23)8(4-20)18-14(25)10(16)7(3)22/h6-11,20-22H,4-5,16H2,1-3H3,(H,17,23)(H,18,25)(H,19,24)(H,26,27). The second kappa shape index (κ2) is 11.4. The average molecular weight is 392 g/mol. The van der Waals surface area contributed by atoms with Gasteiger partial charge in [-0.15, -0.1) is 0 Å². The van der Waals surface area contributed by atoms with Crippen LogP contribution in [-0.2, 0) is 19.2 Å². The minimum absolute atomic E-state index is 0.451. The molecule has 0 spiro atoms. The zero-order valence-electron chi connectivity index (χ0n) is 15.4. The van der Waals surface area contributed by atoms with E-state index in [1.54, 1.807) is 13.8 Å². The molecule has 12 nitrogen and oxygen atoms in total. The molecular formula is C15H28N4O8. The minimum atomic E-state index is -1.51. The number of carboxylic acid groups (broad SMARTS) is 1. The van der Waals surface area contributed by atoms with E-state index in [1.807, 2.05) is 0 Å². The number of hydrogen-bond donors (Lipinski definition) is 8. The van der Waals surface area contributed by atoms with Crippen molar-refractivity contribution in [2.75, 3.05) is 13.2 Å². The molecule has 0 aromatic carbocycles. The first-order chi connectivity index (χ1) is 12.5. The molecular weight excluding hydrogens is 364 g/mol. The van der Waals surface area contributed by atoms with Crippen LogP contribution in [0.2, 0.25) is 0 Å². The number of nitrogens with two attached hydrogens (primary N) is 1. The number of rotatable bonds is 11. The molecule has 0 aliphatic rings. The Hall–Kier alpha value is -2.28. The van der Waals surface area contributed by atoms with Gasteiger partial charge < -0.3 is 42.1 Å². The van der Waals surface area contributed by atoms with E-state index in [9.17, 15) is 34.5 Å². The van der Waals surface area contributed by atoms with E-state index < -0.39 is 73.1 Å². The number of aliphatic hydroxyl groups is 3. The smallest absolute Gasteiger partial charge is 0.326 e. The first-order valence-electron chi connectivity index (χ1n) is 8.25. The number of aliphatic carboxylic acids is 1. The molecule has 0 aromatic heterocycles. The predicted molar refractivity (Wildman–Crippen MR) is 92.1 cm³/mol. The normalized spacial score (nSPS) is 16.6. The number of aliphatic hydroxyl groups excluding tert-OH is 3. The Bertz CT molecular complexity index is 540. The van der Waals surface area contributed by atoms with E-state index in [0.717, 1.165) is 0 Å². The summed E-state index contributed by atoms with van der Waals surface area (Å²) >= 11 is 0. The first-order valence-corrected chi connectivity index (χ1v) is 8.25. The third-order valence-electron chi connectivity index (χ3n) is 3.68. The van der Waals surface area contributed by atoms with Gasteiger partial charge in [0.05, 0.1) is 19.3 Å². The Balaban J connectivity index is 5.00. The molecule has 3 amide bonds. The Morgan fingerprint density at radius 2 is 1.26 bits per heavy atom. The van der Waals surface area contributed by atoms with Gasteiger partial charge in [-0.25, -0.2) is 4.79 Å². The highest BCUT2D eigenvalue weighted by molar-refractivity contribution is 5.94. The maximum absolute atomic E-state index is 12.1. The largest absolute Gasteiger partial charge is 0.480 e. The quantitative estimate of drug-likeness (QED) is 0.171. The van der Waals surface area contributed by atoms with Gasteiger partial charge in [0.15, 0.2) is 0 Å². The highest BCUT2D eigenvalue weighted by atomic mass is 16.4. The summed E-state index contributed by atoms with van der Waals surface area (Å²) in [5.41, 5.74) is 5.42. The highest BCUT2D eigenvalue weighted by Crippen LogP contribution is 2.02. The summed E-state index contributed by atoms with van der Waals surface area (Å²) in [5.74, 6) is -4.60. The van der Waals surface area contributed by atoms with Gasteiger partial charge in [0.2, 0.25) is 17.7 Å². The van der Waals surface area contributed by atoms with Crippen LogP contribution in [0.15, 0.2) is 0 Å². The Morgan fingerprint density at radius 3 is 1.59 bits per heavy atom. The van der Waals surface area contributed by atoms with Gasteiger partial charge >= 0.3 is 5.97 Å². The van der Waals surface area contributed by atoms with Crippen molar-refractivity contribution >= 4 is 23.7 Å². The van der Waals surface area contributed by atoms with E-state index in [1.165, 1.54) is 6.92 Å². The molecule has 27 heavy (non-hydrogen) atoms. The van der Waals surface area contributed by atoms with E-state index >= 15 is 0 Å². The molecule has 0 fully saturated rings. The van der Waals surface area contributed by atoms with Crippen LogP contribution in [-0.4, -0.2) is 87.6 Å². The van der Waals surface area contributed by atoms with Crippen LogP contribution in [0, 0.1) is 5.92 Å². The number of carbonyl (C=O) groups excluding carboxylic acids is 3. The maximum atomic E-state index is 12.1. The van der Waals surface area contributed by atoms with Crippen LogP contribution in [0.5, 0.6) is 0 Å². The molecule has 0 bridgehead atoms.